The summed E-state index contributed by atoms with van der Waals surface area (Å²) in [7, 11) is 0. The van der Waals surface area contributed by atoms with Crippen molar-refractivity contribution in [1.82, 2.24) is 0 Å². The van der Waals surface area contributed by atoms with Gasteiger partial charge in [0, 0.05) is 11.3 Å². The van der Waals surface area contributed by atoms with Crippen LogP contribution in [0, 0.1) is 0 Å². The second-order valence-corrected chi connectivity index (χ2v) is 5.66. The van der Waals surface area contributed by atoms with Gasteiger partial charge in [0.25, 0.3) is 5.91 Å². The highest BCUT2D eigenvalue weighted by atomic mass is 16.5. The van der Waals surface area contributed by atoms with E-state index in [0.29, 0.717) is 23.1 Å². The molecule has 0 bridgehead atoms. The van der Waals surface area contributed by atoms with E-state index in [1.54, 1.807) is 0 Å². The number of esters is 1. The predicted octanol–water partition coefficient (Wildman–Crippen LogP) is 3.64. The molecule has 5 heteroatoms. The topological polar surface area (TPSA) is 72.5 Å². The molecular weight excluding hydrogens is 318 g/mol. The highest BCUT2D eigenvalue weighted by Gasteiger charge is 2.10. The molecule has 130 valence electrons. The van der Waals surface area contributed by atoms with E-state index in [-0.39, 0.29) is 6.61 Å². The number of carbonyl (C=O) groups excluding carboxylic acids is 3. The molecule has 0 aliphatic heterocycles. The Morgan fingerprint density at radius 1 is 1.04 bits per heavy atom. The molecule has 0 fully saturated rings. The Balaban J connectivity index is 1.81. The van der Waals surface area contributed by atoms with E-state index in [4.69, 9.17) is 4.74 Å². The number of carbonyl (C=O) groups is 3. The monoisotopic (exact) mass is 339 g/mol. The number of rotatable bonds is 8. The maximum atomic E-state index is 11.9. The molecule has 1 N–H and O–H groups in total. The third-order valence-electron chi connectivity index (χ3n) is 3.67. The average Bonchev–Trinajstić information content (AvgIpc) is 2.65. The Morgan fingerprint density at radius 3 is 2.32 bits per heavy atom. The Morgan fingerprint density at radius 2 is 1.72 bits per heavy atom. The summed E-state index contributed by atoms with van der Waals surface area (Å²) >= 11 is 0. The molecule has 0 atom stereocenters. The summed E-state index contributed by atoms with van der Waals surface area (Å²) in [5, 5.41) is 2.69. The van der Waals surface area contributed by atoms with Crippen LogP contribution in [0.4, 0.5) is 5.69 Å². The predicted molar refractivity (Wildman–Crippen MR) is 95.8 cm³/mol. The normalized spacial score (nSPS) is 10.1. The van der Waals surface area contributed by atoms with Crippen LogP contribution in [-0.2, 0) is 16.0 Å². The molecule has 0 aliphatic rings. The lowest BCUT2D eigenvalue weighted by Crippen LogP contribution is -2.20. The number of hydrogen-bond donors (Lipinski definition) is 1. The van der Waals surface area contributed by atoms with E-state index in [1.165, 1.54) is 29.8 Å². The number of aryl methyl sites for hydroxylation is 1. The number of ether oxygens (including phenoxy) is 1. The van der Waals surface area contributed by atoms with Crippen LogP contribution in [-0.4, -0.2) is 24.8 Å². The molecule has 0 unspecified atom stereocenters. The third kappa shape index (κ3) is 5.88. The van der Waals surface area contributed by atoms with Gasteiger partial charge < -0.3 is 10.1 Å². The highest BCUT2D eigenvalue weighted by Crippen LogP contribution is 2.12. The standard InChI is InChI=1S/C20H21NO4/c1-2-3-4-15-7-11-18(12-8-15)21-19(23)14-25-20(24)17-9-5-16(13-22)6-10-17/h5-13H,2-4,14H2,1H3,(H,21,23). The van der Waals surface area contributed by atoms with Crippen molar-refractivity contribution in [3.63, 3.8) is 0 Å². The molecule has 5 nitrogen and oxygen atoms in total. The molecule has 1 amide bonds. The van der Waals surface area contributed by atoms with Gasteiger partial charge in [-0.1, -0.05) is 37.6 Å². The minimum Gasteiger partial charge on any atom is -0.452 e. The van der Waals surface area contributed by atoms with Crippen molar-refractivity contribution in [3.05, 3.63) is 65.2 Å². The maximum absolute atomic E-state index is 11.9. The van der Waals surface area contributed by atoms with Crippen molar-refractivity contribution in [2.45, 2.75) is 26.2 Å². The van der Waals surface area contributed by atoms with Gasteiger partial charge in [-0.2, -0.15) is 0 Å². The van der Waals surface area contributed by atoms with Crippen molar-refractivity contribution < 1.29 is 19.1 Å². The fraction of sp³-hybridized carbons (Fsp3) is 0.250. The van der Waals surface area contributed by atoms with Crippen LogP contribution >= 0.6 is 0 Å². The number of amides is 1. The minimum absolute atomic E-state index is 0.290. The zero-order chi connectivity index (χ0) is 18.1. The summed E-state index contributed by atoms with van der Waals surface area (Å²) in [5.74, 6) is -1.01. The first kappa shape index (κ1) is 18.4. The van der Waals surface area contributed by atoms with Gasteiger partial charge in [0.05, 0.1) is 5.56 Å². The Labute approximate surface area is 147 Å². The lowest BCUT2D eigenvalue weighted by molar-refractivity contribution is -0.119. The number of benzene rings is 2. The Bertz CT molecular complexity index is 720. The maximum Gasteiger partial charge on any atom is 0.338 e. The molecule has 0 aromatic heterocycles. The zero-order valence-corrected chi connectivity index (χ0v) is 14.2. The van der Waals surface area contributed by atoms with Gasteiger partial charge in [-0.3, -0.25) is 9.59 Å². The van der Waals surface area contributed by atoms with Gasteiger partial charge >= 0.3 is 5.97 Å². The molecule has 2 rings (SSSR count). The molecule has 0 heterocycles. The van der Waals surface area contributed by atoms with Gasteiger partial charge in [0.2, 0.25) is 0 Å². The number of nitrogens with one attached hydrogen (secondary N) is 1. The molecular formula is C20H21NO4. The highest BCUT2D eigenvalue weighted by molar-refractivity contribution is 5.95. The number of aldehydes is 1. The first-order chi connectivity index (χ1) is 12.1. The molecule has 0 saturated carbocycles. The molecule has 0 saturated heterocycles. The summed E-state index contributed by atoms with van der Waals surface area (Å²) in [4.78, 5) is 34.3. The number of unbranched alkanes of at least 4 members (excludes halogenated alkanes) is 1. The minimum atomic E-state index is -0.609. The Kier molecular flexibility index (Phi) is 6.89. The first-order valence-corrected chi connectivity index (χ1v) is 8.23. The molecule has 0 radical (unpaired) electrons. The van der Waals surface area contributed by atoms with Crippen LogP contribution in [0.3, 0.4) is 0 Å². The van der Waals surface area contributed by atoms with Gasteiger partial charge in [-0.05, 0) is 42.7 Å². The molecule has 0 aliphatic carbocycles. The quantitative estimate of drug-likeness (QED) is 0.589. The summed E-state index contributed by atoms with van der Waals surface area (Å²) < 4.78 is 4.97. The van der Waals surface area contributed by atoms with E-state index in [9.17, 15) is 14.4 Å². The molecule has 0 spiro atoms. The van der Waals surface area contributed by atoms with Gasteiger partial charge in [-0.15, -0.1) is 0 Å². The van der Waals surface area contributed by atoms with Crippen molar-refractivity contribution in [2.24, 2.45) is 0 Å². The number of anilines is 1. The summed E-state index contributed by atoms with van der Waals surface area (Å²) in [6, 6.07) is 13.6. The summed E-state index contributed by atoms with van der Waals surface area (Å²) in [5.41, 5.74) is 2.65. The SMILES string of the molecule is CCCCc1ccc(NC(=O)COC(=O)c2ccc(C=O)cc2)cc1. The van der Waals surface area contributed by atoms with Crippen molar-refractivity contribution in [3.8, 4) is 0 Å². The largest absolute Gasteiger partial charge is 0.452 e. The fourth-order valence-electron chi connectivity index (χ4n) is 2.24. The van der Waals surface area contributed by atoms with Crippen molar-refractivity contribution in [2.75, 3.05) is 11.9 Å². The van der Waals surface area contributed by atoms with Crippen LogP contribution < -0.4 is 5.32 Å². The van der Waals surface area contributed by atoms with Gasteiger partial charge in [0.1, 0.15) is 6.29 Å². The summed E-state index contributed by atoms with van der Waals surface area (Å²) in [6.45, 7) is 1.78. The van der Waals surface area contributed by atoms with Crippen LogP contribution in [0.1, 0.15) is 46.0 Å². The number of hydrogen-bond acceptors (Lipinski definition) is 4. The third-order valence-corrected chi connectivity index (χ3v) is 3.67. The van der Waals surface area contributed by atoms with Crippen molar-refractivity contribution >= 4 is 23.9 Å². The van der Waals surface area contributed by atoms with Crippen LogP contribution in [0.25, 0.3) is 0 Å². The summed E-state index contributed by atoms with van der Waals surface area (Å²) in [6.07, 6.45) is 3.98. The van der Waals surface area contributed by atoms with Crippen LogP contribution in [0.15, 0.2) is 48.5 Å². The van der Waals surface area contributed by atoms with E-state index in [2.05, 4.69) is 12.2 Å². The van der Waals surface area contributed by atoms with Crippen LogP contribution in [0.2, 0.25) is 0 Å². The second kappa shape index (κ2) is 9.37. The average molecular weight is 339 g/mol. The van der Waals surface area contributed by atoms with E-state index in [1.807, 2.05) is 24.3 Å². The smallest absolute Gasteiger partial charge is 0.338 e. The zero-order valence-electron chi connectivity index (χ0n) is 14.2. The molecule has 25 heavy (non-hydrogen) atoms. The molecule has 2 aromatic carbocycles. The van der Waals surface area contributed by atoms with Crippen LogP contribution in [0.5, 0.6) is 0 Å². The second-order valence-electron chi connectivity index (χ2n) is 5.66. The first-order valence-electron chi connectivity index (χ1n) is 8.23. The van der Waals surface area contributed by atoms with E-state index in [0.717, 1.165) is 19.3 Å². The van der Waals surface area contributed by atoms with Gasteiger partial charge in [0.15, 0.2) is 6.61 Å². The van der Waals surface area contributed by atoms with E-state index < -0.39 is 11.9 Å². The molecule has 2 aromatic rings. The fourth-order valence-corrected chi connectivity index (χ4v) is 2.24. The van der Waals surface area contributed by atoms with E-state index >= 15 is 0 Å². The lowest BCUT2D eigenvalue weighted by atomic mass is 10.1. The van der Waals surface area contributed by atoms with Crippen molar-refractivity contribution in [1.29, 1.82) is 0 Å². The lowest BCUT2D eigenvalue weighted by Gasteiger charge is -2.08. The van der Waals surface area contributed by atoms with Gasteiger partial charge in [-0.25, -0.2) is 4.79 Å². The Hall–Kier alpha value is -2.95.